The molecule has 0 saturated carbocycles. The molecule has 0 saturated heterocycles. The quantitative estimate of drug-likeness (QED) is 0.361. The molecule has 0 unspecified atom stereocenters. The van der Waals surface area contributed by atoms with Crippen molar-refractivity contribution in [1.82, 2.24) is 9.88 Å². The van der Waals surface area contributed by atoms with Crippen LogP contribution >= 0.6 is 11.3 Å². The number of thiazole rings is 1. The van der Waals surface area contributed by atoms with Crippen LogP contribution in [0.4, 0.5) is 9.59 Å². The molecule has 3 N–H and O–H groups in total. The predicted octanol–water partition coefficient (Wildman–Crippen LogP) is 2.91. The molecule has 1 aromatic heterocycles. The number of hydrogen-bond donors (Lipinski definition) is 2. The Labute approximate surface area is 150 Å². The summed E-state index contributed by atoms with van der Waals surface area (Å²) in [5.74, 6) is -0.163. The Morgan fingerprint density at radius 3 is 2.08 bits per heavy atom. The molecule has 1 aromatic rings. The highest BCUT2D eigenvalue weighted by Crippen LogP contribution is 2.19. The van der Waals surface area contributed by atoms with Gasteiger partial charge in [0, 0.05) is 5.38 Å². The van der Waals surface area contributed by atoms with E-state index in [4.69, 9.17) is 20.4 Å². The summed E-state index contributed by atoms with van der Waals surface area (Å²) in [5.41, 5.74) is 4.16. The van der Waals surface area contributed by atoms with E-state index in [1.54, 1.807) is 46.9 Å². The van der Waals surface area contributed by atoms with Gasteiger partial charge in [-0.3, -0.25) is 0 Å². The Morgan fingerprint density at radius 1 is 1.20 bits per heavy atom. The summed E-state index contributed by atoms with van der Waals surface area (Å²) in [5, 5.41) is 13.5. The fraction of sp³-hybridized carbons (Fsp3) is 0.600. The summed E-state index contributed by atoms with van der Waals surface area (Å²) >= 11 is 1.15. The number of nitrogens with zero attached hydrogens (tertiary/aromatic N) is 3. The fourth-order valence-electron chi connectivity index (χ4n) is 1.53. The van der Waals surface area contributed by atoms with Gasteiger partial charge < -0.3 is 20.4 Å². The average Bonchev–Trinajstić information content (AvgIpc) is 2.88. The number of aromatic nitrogens is 1. The molecule has 1 heterocycles. The molecule has 0 spiro atoms. The normalized spacial score (nSPS) is 12.6. The molecule has 10 heteroatoms. The molecule has 0 radical (unpaired) electrons. The first-order valence-electron chi connectivity index (χ1n) is 7.48. The molecular weight excluding hydrogens is 348 g/mol. The number of amidine groups is 1. The molecule has 0 aliphatic heterocycles. The molecule has 9 nitrogen and oxygen atoms in total. The van der Waals surface area contributed by atoms with Gasteiger partial charge in [-0.15, -0.1) is 11.3 Å². The third-order valence-corrected chi connectivity index (χ3v) is 3.28. The zero-order valence-electron chi connectivity index (χ0n) is 15.2. The lowest BCUT2D eigenvalue weighted by Gasteiger charge is -2.28. The maximum atomic E-state index is 12.4. The van der Waals surface area contributed by atoms with Crippen LogP contribution < -0.4 is 5.73 Å². The number of nitrogens with two attached hydrogens (primary N) is 1. The van der Waals surface area contributed by atoms with Crippen LogP contribution in [0.3, 0.4) is 0 Å². The smallest absolute Gasteiger partial charge is 0.420 e. The van der Waals surface area contributed by atoms with Gasteiger partial charge in [-0.25, -0.2) is 19.5 Å². The highest BCUT2D eigenvalue weighted by molar-refractivity contribution is 7.09. The van der Waals surface area contributed by atoms with Crippen LogP contribution in [0.2, 0.25) is 0 Å². The highest BCUT2D eigenvalue weighted by atomic mass is 32.1. The van der Waals surface area contributed by atoms with E-state index in [1.807, 2.05) is 0 Å². The standard InChI is InChI=1S/C15H24N4O5S/c1-14(2,3)23-12(20)19(13(21)24-15(4,5)6)7-10-17-9(8-25-10)11(16)18-22/h8,22H,7H2,1-6H3,(H2,16,18). The second-order valence-electron chi connectivity index (χ2n) is 7.16. The van der Waals surface area contributed by atoms with Crippen LogP contribution in [-0.4, -0.2) is 44.3 Å². The second kappa shape index (κ2) is 7.68. The minimum absolute atomic E-state index is 0.160. The van der Waals surface area contributed by atoms with Crippen LogP contribution in [0.5, 0.6) is 0 Å². The summed E-state index contributed by atoms with van der Waals surface area (Å²) in [6, 6.07) is 0. The first kappa shape index (κ1) is 20.7. The maximum absolute atomic E-state index is 12.4. The number of rotatable bonds is 3. The van der Waals surface area contributed by atoms with Gasteiger partial charge in [-0.05, 0) is 41.5 Å². The van der Waals surface area contributed by atoms with E-state index in [1.165, 1.54) is 0 Å². The van der Waals surface area contributed by atoms with Crippen molar-refractivity contribution in [3.05, 3.63) is 16.1 Å². The molecule has 0 bridgehead atoms. The topological polar surface area (TPSA) is 127 Å². The summed E-state index contributed by atoms with van der Waals surface area (Å²) in [6.07, 6.45) is -1.69. The zero-order valence-corrected chi connectivity index (χ0v) is 16.0. The molecule has 0 fully saturated rings. The first-order valence-corrected chi connectivity index (χ1v) is 8.36. The molecule has 1 rings (SSSR count). The third kappa shape index (κ3) is 6.96. The van der Waals surface area contributed by atoms with Crippen molar-refractivity contribution in [3.8, 4) is 0 Å². The van der Waals surface area contributed by atoms with Crippen molar-refractivity contribution in [2.45, 2.75) is 59.3 Å². The van der Waals surface area contributed by atoms with Crippen LogP contribution in [0, 0.1) is 0 Å². The van der Waals surface area contributed by atoms with Crippen LogP contribution in [0.25, 0.3) is 0 Å². The average molecular weight is 372 g/mol. The lowest BCUT2D eigenvalue weighted by molar-refractivity contribution is -0.000260. The summed E-state index contributed by atoms with van der Waals surface area (Å²) in [7, 11) is 0. The molecular formula is C15H24N4O5S. The molecule has 140 valence electrons. The van der Waals surface area contributed by atoms with Gasteiger partial charge >= 0.3 is 12.2 Å². The van der Waals surface area contributed by atoms with Crippen molar-refractivity contribution in [2.24, 2.45) is 10.9 Å². The molecule has 0 aliphatic carbocycles. The van der Waals surface area contributed by atoms with E-state index >= 15 is 0 Å². The first-order chi connectivity index (χ1) is 11.3. The number of carbonyl (C=O) groups is 2. The van der Waals surface area contributed by atoms with Gasteiger partial charge in [-0.2, -0.15) is 0 Å². The van der Waals surface area contributed by atoms with Gasteiger partial charge in [0.2, 0.25) is 0 Å². The Bertz CT molecular complexity index is 630. The number of oxime groups is 1. The van der Waals surface area contributed by atoms with Crippen LogP contribution in [-0.2, 0) is 16.0 Å². The molecule has 0 aromatic carbocycles. The van der Waals surface area contributed by atoms with E-state index < -0.39 is 23.4 Å². The van der Waals surface area contributed by atoms with Crippen LogP contribution in [0.15, 0.2) is 10.5 Å². The van der Waals surface area contributed by atoms with E-state index in [9.17, 15) is 9.59 Å². The van der Waals surface area contributed by atoms with E-state index in [-0.39, 0.29) is 18.1 Å². The highest BCUT2D eigenvalue weighted by Gasteiger charge is 2.32. The van der Waals surface area contributed by atoms with Crippen molar-refractivity contribution in [3.63, 3.8) is 0 Å². The summed E-state index contributed by atoms with van der Waals surface area (Å²) < 4.78 is 10.5. The lowest BCUT2D eigenvalue weighted by atomic mass is 10.2. The minimum atomic E-state index is -0.845. The molecule has 25 heavy (non-hydrogen) atoms. The Balaban J connectivity index is 3.03. The SMILES string of the molecule is CC(C)(C)OC(=O)N(Cc1nc(/C(N)=N/O)cs1)C(=O)OC(C)(C)C. The Hall–Kier alpha value is -2.36. The Morgan fingerprint density at radius 2 is 1.68 bits per heavy atom. The van der Waals surface area contributed by atoms with E-state index in [0.717, 1.165) is 16.2 Å². The minimum Gasteiger partial charge on any atom is -0.443 e. The van der Waals surface area contributed by atoms with Crippen molar-refractivity contribution in [2.75, 3.05) is 0 Å². The maximum Gasteiger partial charge on any atom is 0.420 e. The second-order valence-corrected chi connectivity index (χ2v) is 8.10. The monoisotopic (exact) mass is 372 g/mol. The van der Waals surface area contributed by atoms with Gasteiger partial charge in [0.25, 0.3) is 0 Å². The van der Waals surface area contributed by atoms with Crippen LogP contribution in [0.1, 0.15) is 52.2 Å². The molecule has 0 aliphatic rings. The van der Waals surface area contributed by atoms with Gasteiger partial charge in [0.05, 0.1) is 6.54 Å². The van der Waals surface area contributed by atoms with Crippen molar-refractivity contribution < 1.29 is 24.3 Å². The number of ether oxygens (including phenoxy) is 2. The van der Waals surface area contributed by atoms with E-state index in [2.05, 4.69) is 10.1 Å². The van der Waals surface area contributed by atoms with Gasteiger partial charge in [0.1, 0.15) is 21.9 Å². The molecule has 2 amide bonds. The lowest BCUT2D eigenvalue weighted by Crippen LogP contribution is -2.43. The largest absolute Gasteiger partial charge is 0.443 e. The number of amides is 2. The zero-order chi connectivity index (χ0) is 19.4. The van der Waals surface area contributed by atoms with E-state index in [0.29, 0.717) is 5.01 Å². The number of imide groups is 1. The third-order valence-electron chi connectivity index (χ3n) is 2.44. The predicted molar refractivity (Wildman–Crippen MR) is 92.6 cm³/mol. The van der Waals surface area contributed by atoms with Crippen molar-refractivity contribution >= 4 is 29.4 Å². The Kier molecular flexibility index (Phi) is 6.36. The summed E-state index contributed by atoms with van der Waals surface area (Å²) in [4.78, 5) is 29.7. The van der Waals surface area contributed by atoms with Gasteiger partial charge in [0.15, 0.2) is 5.84 Å². The van der Waals surface area contributed by atoms with Gasteiger partial charge in [-0.1, -0.05) is 5.16 Å². The molecule has 0 atom stereocenters. The number of carbonyl (C=O) groups excluding carboxylic acids is 2. The number of hydrogen-bond acceptors (Lipinski definition) is 8. The van der Waals surface area contributed by atoms with Crippen molar-refractivity contribution in [1.29, 1.82) is 0 Å². The summed E-state index contributed by atoms with van der Waals surface area (Å²) in [6.45, 7) is 10.00. The fourth-order valence-corrected chi connectivity index (χ4v) is 2.30.